The first kappa shape index (κ1) is 19.1. The van der Waals surface area contributed by atoms with Crippen LogP contribution in [0.1, 0.15) is 36.5 Å². The number of rotatable bonds is 6. The molecule has 3 aromatic rings. The second kappa shape index (κ2) is 7.94. The summed E-state index contributed by atoms with van der Waals surface area (Å²) in [6.07, 6.45) is 0. The van der Waals surface area contributed by atoms with E-state index in [9.17, 15) is 4.79 Å². The maximum absolute atomic E-state index is 12.4. The van der Waals surface area contributed by atoms with E-state index in [1.807, 2.05) is 44.2 Å². The lowest BCUT2D eigenvalue weighted by Gasteiger charge is -2.13. The van der Waals surface area contributed by atoms with Crippen LogP contribution in [0.3, 0.4) is 0 Å². The average Bonchev–Trinajstić information content (AvgIpc) is 3.07. The zero-order chi connectivity index (χ0) is 19.6. The highest BCUT2D eigenvalue weighted by Crippen LogP contribution is 2.34. The van der Waals surface area contributed by atoms with Gasteiger partial charge in [0.15, 0.2) is 11.7 Å². The molecule has 2 aromatic carbocycles. The quantitative estimate of drug-likeness (QED) is 0.434. The van der Waals surface area contributed by atoms with Crippen LogP contribution in [0.15, 0.2) is 30.3 Å². The Morgan fingerprint density at radius 2 is 1.96 bits per heavy atom. The minimum absolute atomic E-state index is 0.0454. The normalized spacial score (nSPS) is 11.0. The summed E-state index contributed by atoms with van der Waals surface area (Å²) in [5.74, 6) is 6.40. The Labute approximate surface area is 162 Å². The van der Waals surface area contributed by atoms with Gasteiger partial charge in [-0.1, -0.05) is 37.3 Å². The number of thiazole rings is 1. The largest absolute Gasteiger partial charge is 0.484 e. The molecule has 0 saturated heterocycles. The standard InChI is InChI=1S/C20H24N4O2S/c1-11(2)14-5-7-15(8-6-14)26-10-17(25)23-18-12(3)9-16-19(13(18)4)27-20(22-16)24-21/h5-9,11H,10,21H2,1-4H3,(H,22,24)(H,23,25). The third-order valence-corrected chi connectivity index (χ3v) is 5.54. The van der Waals surface area contributed by atoms with E-state index in [1.54, 1.807) is 0 Å². The number of carbonyl (C=O) groups is 1. The topological polar surface area (TPSA) is 89.3 Å². The van der Waals surface area contributed by atoms with Crippen molar-refractivity contribution in [3.8, 4) is 5.75 Å². The number of fused-ring (bicyclic) bond motifs is 1. The monoisotopic (exact) mass is 384 g/mol. The minimum Gasteiger partial charge on any atom is -0.484 e. The Morgan fingerprint density at radius 1 is 1.26 bits per heavy atom. The van der Waals surface area contributed by atoms with Crippen LogP contribution < -0.4 is 21.3 Å². The predicted molar refractivity (Wildman–Crippen MR) is 112 cm³/mol. The summed E-state index contributed by atoms with van der Waals surface area (Å²) < 4.78 is 6.61. The van der Waals surface area contributed by atoms with Crippen molar-refractivity contribution in [2.75, 3.05) is 17.3 Å². The number of carbonyl (C=O) groups excluding carboxylic acids is 1. The minimum atomic E-state index is -0.199. The Kier molecular flexibility index (Phi) is 5.62. The third-order valence-electron chi connectivity index (χ3n) is 4.42. The first-order valence-electron chi connectivity index (χ1n) is 8.79. The number of aryl methyl sites for hydroxylation is 2. The third kappa shape index (κ3) is 4.20. The second-order valence-electron chi connectivity index (χ2n) is 6.77. The number of hydrazine groups is 1. The molecule has 0 unspecified atom stereocenters. The molecule has 7 heteroatoms. The summed E-state index contributed by atoms with van der Waals surface area (Å²) in [6.45, 7) is 8.15. The first-order chi connectivity index (χ1) is 12.9. The average molecular weight is 385 g/mol. The van der Waals surface area contributed by atoms with Gasteiger partial charge in [0.05, 0.1) is 10.2 Å². The zero-order valence-electron chi connectivity index (χ0n) is 15.9. The van der Waals surface area contributed by atoms with Crippen LogP contribution in [0.2, 0.25) is 0 Å². The van der Waals surface area contributed by atoms with Gasteiger partial charge in [-0.05, 0) is 54.7 Å². The number of nitrogens with one attached hydrogen (secondary N) is 2. The number of anilines is 2. The number of nitrogen functional groups attached to an aromatic ring is 1. The highest BCUT2D eigenvalue weighted by Gasteiger charge is 2.14. The Balaban J connectivity index is 1.70. The number of ether oxygens (including phenoxy) is 1. The summed E-state index contributed by atoms with van der Waals surface area (Å²) >= 11 is 1.46. The highest BCUT2D eigenvalue weighted by molar-refractivity contribution is 7.22. The maximum Gasteiger partial charge on any atom is 0.262 e. The summed E-state index contributed by atoms with van der Waals surface area (Å²) in [6, 6.07) is 9.77. The molecule has 1 heterocycles. The molecule has 0 saturated carbocycles. The van der Waals surface area contributed by atoms with Crippen molar-refractivity contribution < 1.29 is 9.53 Å². The first-order valence-corrected chi connectivity index (χ1v) is 9.60. The van der Waals surface area contributed by atoms with Crippen molar-refractivity contribution in [3.63, 3.8) is 0 Å². The molecule has 4 N–H and O–H groups in total. The van der Waals surface area contributed by atoms with Crippen molar-refractivity contribution in [1.29, 1.82) is 0 Å². The molecule has 0 radical (unpaired) electrons. The molecule has 0 spiro atoms. The fourth-order valence-electron chi connectivity index (χ4n) is 2.91. The van der Waals surface area contributed by atoms with E-state index in [0.29, 0.717) is 16.8 Å². The molecule has 0 bridgehead atoms. The number of nitrogens with zero attached hydrogens (tertiary/aromatic N) is 1. The molecule has 6 nitrogen and oxygen atoms in total. The smallest absolute Gasteiger partial charge is 0.262 e. The van der Waals surface area contributed by atoms with Gasteiger partial charge in [-0.2, -0.15) is 0 Å². The lowest BCUT2D eigenvalue weighted by atomic mass is 10.0. The number of hydrogen-bond donors (Lipinski definition) is 3. The van der Waals surface area contributed by atoms with Crippen LogP contribution in [0.4, 0.5) is 10.8 Å². The molecule has 0 atom stereocenters. The summed E-state index contributed by atoms with van der Waals surface area (Å²) in [7, 11) is 0. The molecular formula is C20H24N4O2S. The number of amides is 1. The molecule has 3 rings (SSSR count). The molecular weight excluding hydrogens is 360 g/mol. The highest BCUT2D eigenvalue weighted by atomic mass is 32.1. The van der Waals surface area contributed by atoms with Crippen LogP contribution in [-0.4, -0.2) is 17.5 Å². The van der Waals surface area contributed by atoms with Gasteiger partial charge in [-0.25, -0.2) is 10.8 Å². The zero-order valence-corrected chi connectivity index (χ0v) is 16.7. The van der Waals surface area contributed by atoms with Gasteiger partial charge in [-0.3, -0.25) is 10.2 Å². The van der Waals surface area contributed by atoms with Gasteiger partial charge in [0.2, 0.25) is 0 Å². The van der Waals surface area contributed by atoms with Gasteiger partial charge in [-0.15, -0.1) is 0 Å². The fraction of sp³-hybridized carbons (Fsp3) is 0.300. The molecule has 1 amide bonds. The molecule has 0 fully saturated rings. The lowest BCUT2D eigenvalue weighted by molar-refractivity contribution is -0.118. The molecule has 142 valence electrons. The van der Waals surface area contributed by atoms with E-state index < -0.39 is 0 Å². The molecule has 0 aliphatic heterocycles. The Morgan fingerprint density at radius 3 is 2.59 bits per heavy atom. The van der Waals surface area contributed by atoms with Gasteiger partial charge in [0.25, 0.3) is 5.91 Å². The van der Waals surface area contributed by atoms with E-state index in [4.69, 9.17) is 10.6 Å². The number of aromatic nitrogens is 1. The Hall–Kier alpha value is -2.64. The van der Waals surface area contributed by atoms with Crippen LogP contribution in [0.25, 0.3) is 10.2 Å². The van der Waals surface area contributed by atoms with E-state index in [0.717, 1.165) is 27.0 Å². The van der Waals surface area contributed by atoms with Gasteiger partial charge in [0.1, 0.15) is 5.75 Å². The summed E-state index contributed by atoms with van der Waals surface area (Å²) in [4.78, 5) is 16.8. The number of hydrogen-bond acceptors (Lipinski definition) is 6. The number of nitrogens with two attached hydrogens (primary N) is 1. The van der Waals surface area contributed by atoms with Gasteiger partial charge in [0, 0.05) is 5.69 Å². The van der Waals surface area contributed by atoms with E-state index in [1.165, 1.54) is 16.9 Å². The second-order valence-corrected chi connectivity index (χ2v) is 7.76. The summed E-state index contributed by atoms with van der Waals surface area (Å²) in [5.41, 5.74) is 7.38. The van der Waals surface area contributed by atoms with Crippen molar-refractivity contribution in [1.82, 2.24) is 4.98 Å². The van der Waals surface area contributed by atoms with Crippen molar-refractivity contribution in [2.24, 2.45) is 5.84 Å². The van der Waals surface area contributed by atoms with Crippen LogP contribution in [0.5, 0.6) is 5.75 Å². The van der Waals surface area contributed by atoms with Crippen molar-refractivity contribution in [2.45, 2.75) is 33.6 Å². The Bertz CT molecular complexity index is 964. The van der Waals surface area contributed by atoms with Crippen molar-refractivity contribution in [3.05, 3.63) is 47.0 Å². The predicted octanol–water partition coefficient (Wildman–Crippen LogP) is 4.34. The molecule has 27 heavy (non-hydrogen) atoms. The molecule has 0 aliphatic rings. The number of benzene rings is 2. The van der Waals surface area contributed by atoms with E-state index in [2.05, 4.69) is 29.6 Å². The molecule has 1 aromatic heterocycles. The van der Waals surface area contributed by atoms with Gasteiger partial charge >= 0.3 is 0 Å². The molecule has 0 aliphatic carbocycles. The van der Waals surface area contributed by atoms with E-state index in [-0.39, 0.29) is 12.5 Å². The van der Waals surface area contributed by atoms with Crippen LogP contribution >= 0.6 is 11.3 Å². The van der Waals surface area contributed by atoms with Crippen LogP contribution in [-0.2, 0) is 4.79 Å². The van der Waals surface area contributed by atoms with Crippen LogP contribution in [0, 0.1) is 13.8 Å². The fourth-order valence-corrected chi connectivity index (χ4v) is 3.77. The maximum atomic E-state index is 12.4. The SMILES string of the molecule is Cc1cc2nc(NN)sc2c(C)c1NC(=O)COc1ccc(C(C)C)cc1. The summed E-state index contributed by atoms with van der Waals surface area (Å²) in [5, 5.41) is 3.60. The van der Waals surface area contributed by atoms with Crippen molar-refractivity contribution >= 4 is 38.3 Å². The lowest BCUT2D eigenvalue weighted by Crippen LogP contribution is -2.21. The van der Waals surface area contributed by atoms with E-state index >= 15 is 0 Å². The van der Waals surface area contributed by atoms with Gasteiger partial charge < -0.3 is 10.1 Å².